The fraction of sp³-hybridized carbons (Fsp3) is 0.368. The Hall–Kier alpha value is -3.36. The van der Waals surface area contributed by atoms with Crippen molar-refractivity contribution in [1.82, 2.24) is 15.5 Å². The summed E-state index contributed by atoms with van der Waals surface area (Å²) in [5.41, 5.74) is 0.623. The molecular formula is C19H18N4O5. The molecule has 2 N–H and O–H groups in total. The van der Waals surface area contributed by atoms with Crippen LogP contribution >= 0.6 is 0 Å². The molecule has 1 atom stereocenters. The van der Waals surface area contributed by atoms with Crippen molar-refractivity contribution in [1.29, 1.82) is 0 Å². The minimum absolute atomic E-state index is 0.0990. The quantitative estimate of drug-likeness (QED) is 0.756. The molecule has 0 spiro atoms. The molecule has 2 aliphatic heterocycles. The van der Waals surface area contributed by atoms with Crippen molar-refractivity contribution in [3.8, 4) is 0 Å². The summed E-state index contributed by atoms with van der Waals surface area (Å²) in [6, 6.07) is 2.29. The van der Waals surface area contributed by atoms with Crippen LogP contribution < -0.4 is 10.6 Å². The first-order valence-corrected chi connectivity index (χ1v) is 9.17. The summed E-state index contributed by atoms with van der Waals surface area (Å²) in [5, 5.41) is 4.42. The van der Waals surface area contributed by atoms with Crippen molar-refractivity contribution in [2.75, 3.05) is 0 Å². The molecule has 6 amide bonds. The number of hydrogen-bond acceptors (Lipinski definition) is 5. The largest absolute Gasteiger partial charge is 0.347 e. The third-order valence-corrected chi connectivity index (χ3v) is 5.26. The van der Waals surface area contributed by atoms with Gasteiger partial charge in [0.2, 0.25) is 0 Å². The van der Waals surface area contributed by atoms with E-state index in [4.69, 9.17) is 0 Å². The van der Waals surface area contributed by atoms with Crippen molar-refractivity contribution in [3.05, 3.63) is 34.9 Å². The molecule has 9 nitrogen and oxygen atoms in total. The van der Waals surface area contributed by atoms with E-state index in [-0.39, 0.29) is 34.5 Å². The Bertz CT molecular complexity index is 932. The number of benzene rings is 1. The number of urea groups is 1. The van der Waals surface area contributed by atoms with E-state index in [1.54, 1.807) is 0 Å². The van der Waals surface area contributed by atoms with Gasteiger partial charge in [-0.1, -0.05) is 19.3 Å². The Labute approximate surface area is 160 Å². The van der Waals surface area contributed by atoms with Crippen LogP contribution in [0.25, 0.3) is 0 Å². The first-order valence-electron chi connectivity index (χ1n) is 9.17. The van der Waals surface area contributed by atoms with Crippen LogP contribution in [0.3, 0.4) is 0 Å². The zero-order chi connectivity index (χ0) is 19.8. The van der Waals surface area contributed by atoms with E-state index in [1.165, 1.54) is 23.1 Å². The van der Waals surface area contributed by atoms with E-state index in [0.29, 0.717) is 0 Å². The van der Waals surface area contributed by atoms with Gasteiger partial charge in [0, 0.05) is 17.8 Å². The molecule has 1 aliphatic carbocycles. The van der Waals surface area contributed by atoms with Crippen molar-refractivity contribution in [2.24, 2.45) is 4.99 Å². The van der Waals surface area contributed by atoms with Gasteiger partial charge < -0.3 is 5.32 Å². The Kier molecular flexibility index (Phi) is 4.50. The van der Waals surface area contributed by atoms with Gasteiger partial charge >= 0.3 is 6.03 Å². The molecule has 0 aromatic heterocycles. The van der Waals surface area contributed by atoms with Crippen LogP contribution in [0, 0.1) is 0 Å². The maximum atomic E-state index is 12.8. The van der Waals surface area contributed by atoms with E-state index in [1.807, 2.05) is 5.32 Å². The van der Waals surface area contributed by atoms with Crippen molar-refractivity contribution in [3.63, 3.8) is 0 Å². The predicted octanol–water partition coefficient (Wildman–Crippen LogP) is 1.03. The second-order valence-corrected chi connectivity index (χ2v) is 7.06. The van der Waals surface area contributed by atoms with Crippen LogP contribution in [0.1, 0.15) is 63.2 Å². The van der Waals surface area contributed by atoms with Crippen LogP contribution in [0.2, 0.25) is 0 Å². The van der Waals surface area contributed by atoms with Crippen LogP contribution in [-0.2, 0) is 4.79 Å². The van der Waals surface area contributed by atoms with Crippen molar-refractivity contribution < 1.29 is 24.0 Å². The number of nitrogens with zero attached hydrogens (tertiary/aromatic N) is 2. The van der Waals surface area contributed by atoms with Crippen LogP contribution in [0.15, 0.2) is 23.2 Å². The van der Waals surface area contributed by atoms with Gasteiger partial charge in [-0.3, -0.25) is 29.4 Å². The lowest BCUT2D eigenvalue weighted by atomic mass is 9.94. The molecule has 1 aromatic carbocycles. The summed E-state index contributed by atoms with van der Waals surface area (Å²) in [7, 11) is 0. The highest BCUT2D eigenvalue weighted by atomic mass is 16.2. The maximum absolute atomic E-state index is 12.8. The van der Waals surface area contributed by atoms with Gasteiger partial charge in [0.1, 0.15) is 6.04 Å². The molecule has 0 saturated heterocycles. The average molecular weight is 382 g/mol. The number of carbonyl (C=O) groups is 5. The minimum atomic E-state index is -1.09. The smallest absolute Gasteiger partial charge is 0.336 e. The zero-order valence-electron chi connectivity index (χ0n) is 14.9. The number of nitrogens with one attached hydrogen (secondary N) is 2. The molecule has 3 aliphatic rings. The molecule has 2 heterocycles. The number of hydrogen-bond donors (Lipinski definition) is 2. The summed E-state index contributed by atoms with van der Waals surface area (Å²) in [5.74, 6) is -2.01. The van der Waals surface area contributed by atoms with Gasteiger partial charge in [-0.15, -0.1) is 0 Å². The van der Waals surface area contributed by atoms with E-state index in [9.17, 15) is 24.0 Å². The lowest BCUT2D eigenvalue weighted by Crippen LogP contribution is -2.51. The maximum Gasteiger partial charge on any atom is 0.347 e. The van der Waals surface area contributed by atoms with Crippen molar-refractivity contribution >= 4 is 35.9 Å². The summed E-state index contributed by atoms with van der Waals surface area (Å²) >= 11 is 0. The summed E-state index contributed by atoms with van der Waals surface area (Å²) < 4.78 is 0. The fourth-order valence-corrected chi connectivity index (χ4v) is 3.82. The third-order valence-electron chi connectivity index (χ3n) is 5.26. The molecule has 1 fully saturated rings. The monoisotopic (exact) mass is 382 g/mol. The molecule has 0 radical (unpaired) electrons. The van der Waals surface area contributed by atoms with Gasteiger partial charge in [0.25, 0.3) is 23.6 Å². The lowest BCUT2D eigenvalue weighted by Gasteiger charge is -2.29. The highest BCUT2D eigenvalue weighted by Crippen LogP contribution is 2.31. The summed E-state index contributed by atoms with van der Waals surface area (Å²) in [4.78, 5) is 65.4. The standard InChI is InChI=1S/C19H18N4O5/c24-15(21-14-9-20-19(28)22-16(14)25)10-6-7-12-13(8-10)18(27)23(17(12)26)11-4-2-1-3-5-11/h6-9,11,14H,1-5H2,(H,21,24)(H,22,25,28). The Balaban J connectivity index is 1.54. The van der Waals surface area contributed by atoms with E-state index in [2.05, 4.69) is 10.3 Å². The molecule has 0 bridgehead atoms. The number of amides is 6. The molecule has 144 valence electrons. The number of carbonyl (C=O) groups excluding carboxylic acids is 5. The van der Waals surface area contributed by atoms with E-state index >= 15 is 0 Å². The number of rotatable bonds is 3. The summed E-state index contributed by atoms with van der Waals surface area (Å²) in [6.45, 7) is 0. The first kappa shape index (κ1) is 18.0. The average Bonchev–Trinajstić information content (AvgIpc) is 2.94. The van der Waals surface area contributed by atoms with E-state index < -0.39 is 23.9 Å². The predicted molar refractivity (Wildman–Crippen MR) is 97.1 cm³/mol. The third kappa shape index (κ3) is 3.08. The Morgan fingerprint density at radius 2 is 1.75 bits per heavy atom. The van der Waals surface area contributed by atoms with Crippen LogP contribution in [0.5, 0.6) is 0 Å². The first-order chi connectivity index (χ1) is 13.5. The van der Waals surface area contributed by atoms with Gasteiger partial charge in [-0.2, -0.15) is 0 Å². The molecule has 1 saturated carbocycles. The van der Waals surface area contributed by atoms with Gasteiger partial charge in [-0.05, 0) is 31.0 Å². The normalized spacial score (nSPS) is 22.3. The number of fused-ring (bicyclic) bond motifs is 1. The van der Waals surface area contributed by atoms with Gasteiger partial charge in [-0.25, -0.2) is 9.79 Å². The second-order valence-electron chi connectivity index (χ2n) is 7.06. The summed E-state index contributed by atoms with van der Waals surface area (Å²) in [6.07, 6.45) is 5.72. The highest BCUT2D eigenvalue weighted by molar-refractivity contribution is 6.22. The molecule has 4 rings (SSSR count). The second kappa shape index (κ2) is 6.99. The molecule has 1 unspecified atom stereocenters. The minimum Gasteiger partial charge on any atom is -0.336 e. The highest BCUT2D eigenvalue weighted by Gasteiger charge is 2.40. The zero-order valence-corrected chi connectivity index (χ0v) is 14.9. The molecular weight excluding hydrogens is 364 g/mol. The molecule has 28 heavy (non-hydrogen) atoms. The SMILES string of the molecule is O=C1N=CC(NC(=O)c2ccc3c(c2)C(=O)N(C2CCCCC2)C3=O)C(=O)N1. The van der Waals surface area contributed by atoms with Crippen LogP contribution in [0.4, 0.5) is 4.79 Å². The topological polar surface area (TPSA) is 125 Å². The number of aliphatic imine (C=N–C) groups is 1. The number of imide groups is 2. The molecule has 9 heteroatoms. The van der Waals surface area contributed by atoms with Crippen molar-refractivity contribution in [2.45, 2.75) is 44.2 Å². The Morgan fingerprint density at radius 1 is 1.04 bits per heavy atom. The van der Waals surface area contributed by atoms with Crippen LogP contribution in [-0.4, -0.2) is 52.9 Å². The van der Waals surface area contributed by atoms with Gasteiger partial charge in [0.05, 0.1) is 11.1 Å². The lowest BCUT2D eigenvalue weighted by molar-refractivity contribution is -0.120. The molecule has 1 aromatic rings. The fourth-order valence-electron chi connectivity index (χ4n) is 3.82. The van der Waals surface area contributed by atoms with Gasteiger partial charge in [0.15, 0.2) is 0 Å². The Morgan fingerprint density at radius 3 is 2.46 bits per heavy atom. The van der Waals surface area contributed by atoms with E-state index in [0.717, 1.165) is 38.3 Å².